The number of rotatable bonds is 4. The average molecular weight is 303 g/mol. The SMILES string of the molecule is [O-][NH+](O)c1ccccc1O[C@@H]1OC(CO)[C@H](O)[C@@H](O)C1O. The molecule has 0 aliphatic carbocycles. The van der Waals surface area contributed by atoms with Crippen LogP contribution in [0.15, 0.2) is 24.3 Å². The molecule has 1 saturated heterocycles. The normalized spacial score (nSPS) is 34.5. The molecular formula is C12H17NO8. The van der Waals surface area contributed by atoms with E-state index < -0.39 is 42.5 Å². The molecule has 3 unspecified atom stereocenters. The zero-order chi connectivity index (χ0) is 15.6. The van der Waals surface area contributed by atoms with Crippen LogP contribution >= 0.6 is 0 Å². The summed E-state index contributed by atoms with van der Waals surface area (Å²) in [4.78, 5) is 0. The van der Waals surface area contributed by atoms with E-state index in [9.17, 15) is 20.5 Å². The highest BCUT2D eigenvalue weighted by atomic mass is 16.8. The fourth-order valence-corrected chi connectivity index (χ4v) is 2.04. The van der Waals surface area contributed by atoms with Crippen LogP contribution < -0.4 is 9.96 Å². The number of hydrogen-bond acceptors (Lipinski definition) is 8. The van der Waals surface area contributed by atoms with Crippen molar-refractivity contribution in [3.63, 3.8) is 0 Å². The molecule has 0 spiro atoms. The molecule has 118 valence electrons. The van der Waals surface area contributed by atoms with Crippen molar-refractivity contribution in [3.05, 3.63) is 29.5 Å². The van der Waals surface area contributed by atoms with Crippen molar-refractivity contribution in [1.29, 1.82) is 0 Å². The van der Waals surface area contributed by atoms with Crippen molar-refractivity contribution < 1.29 is 40.3 Å². The Morgan fingerprint density at radius 3 is 2.43 bits per heavy atom. The first-order chi connectivity index (χ1) is 9.95. The minimum atomic E-state index is -1.59. The van der Waals surface area contributed by atoms with Crippen molar-refractivity contribution in [3.8, 4) is 5.75 Å². The molecule has 0 amide bonds. The smallest absolute Gasteiger partial charge is 0.229 e. The fraction of sp³-hybridized carbons (Fsp3) is 0.500. The second kappa shape index (κ2) is 6.64. The van der Waals surface area contributed by atoms with Crippen LogP contribution in [0.25, 0.3) is 0 Å². The highest BCUT2D eigenvalue weighted by molar-refractivity contribution is 5.45. The molecule has 2 rings (SSSR count). The minimum Gasteiger partial charge on any atom is -0.595 e. The van der Waals surface area contributed by atoms with Crippen LogP contribution in [-0.2, 0) is 4.74 Å². The standard InChI is InChI=1S/C12H17NO8/c14-5-8-9(15)10(16)11(17)12(21-8)20-7-4-2-1-3-6(7)13(18)19/h1-4,8-18H,5H2/t8?,9-,10+,11?,12+/m0/s1. The predicted molar refractivity (Wildman–Crippen MR) is 66.6 cm³/mol. The number of quaternary nitrogens is 1. The Morgan fingerprint density at radius 1 is 1.14 bits per heavy atom. The van der Waals surface area contributed by atoms with Crippen LogP contribution in [0.3, 0.4) is 0 Å². The third-order valence-electron chi connectivity index (χ3n) is 3.21. The van der Waals surface area contributed by atoms with Crippen molar-refractivity contribution in [1.82, 2.24) is 0 Å². The molecule has 0 saturated carbocycles. The van der Waals surface area contributed by atoms with Gasteiger partial charge in [-0.3, -0.25) is 0 Å². The van der Waals surface area contributed by atoms with E-state index in [1.54, 1.807) is 0 Å². The maximum atomic E-state index is 11.1. The van der Waals surface area contributed by atoms with Gasteiger partial charge in [0.25, 0.3) is 0 Å². The Kier molecular flexibility index (Phi) is 5.08. The van der Waals surface area contributed by atoms with Crippen LogP contribution in [0.5, 0.6) is 5.75 Å². The number of aliphatic hydroxyl groups is 4. The molecule has 1 heterocycles. The van der Waals surface area contributed by atoms with E-state index in [4.69, 9.17) is 19.8 Å². The summed E-state index contributed by atoms with van der Waals surface area (Å²) in [6.45, 7) is -0.592. The molecule has 1 aliphatic rings. The lowest BCUT2D eigenvalue weighted by atomic mass is 9.99. The van der Waals surface area contributed by atoms with Gasteiger partial charge in [-0.05, 0) is 6.07 Å². The molecule has 0 bridgehead atoms. The average Bonchev–Trinajstić information content (AvgIpc) is 2.48. The first-order valence-electron chi connectivity index (χ1n) is 6.25. The topological polar surface area (TPSA) is 147 Å². The monoisotopic (exact) mass is 303 g/mol. The molecule has 1 aromatic rings. The number of para-hydroxylation sites is 2. The summed E-state index contributed by atoms with van der Waals surface area (Å²) < 4.78 is 10.4. The van der Waals surface area contributed by atoms with Crippen LogP contribution in [0, 0.1) is 5.21 Å². The number of ether oxygens (including phenoxy) is 2. The Labute approximate surface area is 119 Å². The van der Waals surface area contributed by atoms with Gasteiger partial charge in [0.05, 0.1) is 6.61 Å². The summed E-state index contributed by atoms with van der Waals surface area (Å²) in [5, 5.41) is 57.0. The molecule has 9 nitrogen and oxygen atoms in total. The third-order valence-corrected chi connectivity index (χ3v) is 3.21. The summed E-state index contributed by atoms with van der Waals surface area (Å²) in [5.74, 6) is -0.0608. The van der Waals surface area contributed by atoms with Gasteiger partial charge in [-0.1, -0.05) is 12.1 Å². The van der Waals surface area contributed by atoms with Crippen molar-refractivity contribution in [2.75, 3.05) is 6.61 Å². The molecule has 6 atom stereocenters. The molecule has 1 aliphatic heterocycles. The zero-order valence-electron chi connectivity index (χ0n) is 10.9. The molecule has 21 heavy (non-hydrogen) atoms. The largest absolute Gasteiger partial charge is 0.595 e. The molecule has 1 fully saturated rings. The van der Waals surface area contributed by atoms with Crippen LogP contribution in [-0.4, -0.2) is 62.9 Å². The van der Waals surface area contributed by atoms with E-state index >= 15 is 0 Å². The number of hydrogen-bond donors (Lipinski definition) is 6. The quantitative estimate of drug-likeness (QED) is 0.329. The van der Waals surface area contributed by atoms with Gasteiger partial charge in [-0.2, -0.15) is 5.23 Å². The van der Waals surface area contributed by atoms with E-state index in [0.29, 0.717) is 0 Å². The highest BCUT2D eigenvalue weighted by Gasteiger charge is 2.45. The van der Waals surface area contributed by atoms with Crippen molar-refractivity contribution >= 4 is 5.69 Å². The number of nitrogens with one attached hydrogen (secondary N) is 1. The zero-order valence-corrected chi connectivity index (χ0v) is 10.9. The van der Waals surface area contributed by atoms with Gasteiger partial charge in [0, 0.05) is 6.07 Å². The molecule has 0 radical (unpaired) electrons. The van der Waals surface area contributed by atoms with E-state index in [2.05, 4.69) is 0 Å². The molecule has 0 aromatic heterocycles. The molecule has 1 aromatic carbocycles. The summed E-state index contributed by atoms with van der Waals surface area (Å²) in [5.41, 5.74) is -0.144. The van der Waals surface area contributed by atoms with Gasteiger partial charge in [-0.15, -0.1) is 0 Å². The van der Waals surface area contributed by atoms with Gasteiger partial charge in [0.2, 0.25) is 12.0 Å². The lowest BCUT2D eigenvalue weighted by Gasteiger charge is -2.39. The summed E-state index contributed by atoms with van der Waals surface area (Å²) >= 11 is 0. The molecule has 6 N–H and O–H groups in total. The molecule has 9 heteroatoms. The first kappa shape index (κ1) is 16.1. The summed E-state index contributed by atoms with van der Waals surface area (Å²) in [6, 6.07) is 5.71. The maximum Gasteiger partial charge on any atom is 0.229 e. The number of benzene rings is 1. The Morgan fingerprint density at radius 2 is 1.81 bits per heavy atom. The lowest BCUT2D eigenvalue weighted by molar-refractivity contribution is -0.991. The second-order valence-electron chi connectivity index (χ2n) is 4.62. The van der Waals surface area contributed by atoms with Gasteiger partial charge in [-0.25, -0.2) is 5.21 Å². The minimum absolute atomic E-state index is 0.0608. The fourth-order valence-electron chi connectivity index (χ4n) is 2.04. The Balaban J connectivity index is 2.19. The summed E-state index contributed by atoms with van der Waals surface area (Å²) in [6.07, 6.45) is -7.21. The van der Waals surface area contributed by atoms with Gasteiger partial charge in [0.15, 0.2) is 5.75 Å². The van der Waals surface area contributed by atoms with Crippen LogP contribution in [0.2, 0.25) is 0 Å². The maximum absolute atomic E-state index is 11.1. The lowest BCUT2D eigenvalue weighted by Crippen LogP contribution is -2.99. The van der Waals surface area contributed by atoms with Crippen molar-refractivity contribution in [2.24, 2.45) is 0 Å². The van der Waals surface area contributed by atoms with Gasteiger partial charge < -0.3 is 35.1 Å². The highest BCUT2D eigenvalue weighted by Crippen LogP contribution is 2.27. The third kappa shape index (κ3) is 3.31. The van der Waals surface area contributed by atoms with E-state index in [1.807, 2.05) is 0 Å². The Bertz CT molecular complexity index is 468. The first-order valence-corrected chi connectivity index (χ1v) is 6.25. The van der Waals surface area contributed by atoms with E-state index in [0.717, 1.165) is 0 Å². The van der Waals surface area contributed by atoms with Crippen molar-refractivity contribution in [2.45, 2.75) is 30.7 Å². The van der Waals surface area contributed by atoms with Gasteiger partial charge in [0.1, 0.15) is 24.4 Å². The van der Waals surface area contributed by atoms with Gasteiger partial charge >= 0.3 is 0 Å². The predicted octanol–water partition coefficient (Wildman–Crippen LogP) is -2.73. The summed E-state index contributed by atoms with van der Waals surface area (Å²) in [7, 11) is 0. The Hall–Kier alpha value is -1.30. The van der Waals surface area contributed by atoms with E-state index in [-0.39, 0.29) is 11.4 Å². The molecular weight excluding hydrogens is 286 g/mol. The second-order valence-corrected chi connectivity index (χ2v) is 4.62. The number of aliphatic hydroxyl groups excluding tert-OH is 4. The van der Waals surface area contributed by atoms with E-state index in [1.165, 1.54) is 24.3 Å². The van der Waals surface area contributed by atoms with Crippen LogP contribution in [0.4, 0.5) is 5.69 Å². The van der Waals surface area contributed by atoms with Crippen LogP contribution in [0.1, 0.15) is 0 Å².